The van der Waals surface area contributed by atoms with Crippen molar-refractivity contribution in [3.05, 3.63) is 58.1 Å². The molecule has 218 valence electrons. The number of nitrogens with one attached hydrogen (secondary N) is 2. The van der Waals surface area contributed by atoms with E-state index in [9.17, 15) is 14.4 Å². The first-order valence-electron chi connectivity index (χ1n) is 14.3. The van der Waals surface area contributed by atoms with Gasteiger partial charge in [-0.3, -0.25) is 9.59 Å². The minimum Gasteiger partial charge on any atom is -0.494 e. The van der Waals surface area contributed by atoms with Crippen molar-refractivity contribution < 1.29 is 23.9 Å². The largest absolute Gasteiger partial charge is 0.494 e. The lowest BCUT2D eigenvalue weighted by molar-refractivity contribution is -0.126. The van der Waals surface area contributed by atoms with Crippen LogP contribution in [-0.4, -0.2) is 37.1 Å². The second kappa shape index (κ2) is 19.8. The molecule has 0 bridgehead atoms. The minimum absolute atomic E-state index is 0.145. The highest BCUT2D eigenvalue weighted by atomic mass is 79.9. The van der Waals surface area contributed by atoms with Crippen LogP contribution in [0.15, 0.2) is 52.0 Å². The van der Waals surface area contributed by atoms with Crippen molar-refractivity contribution in [2.45, 2.75) is 84.5 Å². The topological polar surface area (TPSA) is 106 Å². The van der Waals surface area contributed by atoms with Crippen molar-refractivity contribution in [3.63, 3.8) is 0 Å². The fourth-order valence-corrected chi connectivity index (χ4v) is 4.23. The molecular formula is C31H42BrN3O5. The number of hydrogen-bond donors (Lipinski definition) is 2. The van der Waals surface area contributed by atoms with Crippen LogP contribution < -0.4 is 20.2 Å². The van der Waals surface area contributed by atoms with E-state index in [1.165, 1.54) is 44.7 Å². The van der Waals surface area contributed by atoms with E-state index in [1.807, 2.05) is 6.92 Å². The zero-order chi connectivity index (χ0) is 29.0. The molecule has 0 saturated heterocycles. The SMILES string of the molecule is CCCCCCCCCCCC(=O)NCC(=O)N/N=C\c1cc(Br)ccc1OC(=O)c1ccc(OCCC)cc1. The monoisotopic (exact) mass is 615 g/mol. The number of halogens is 1. The molecule has 0 aromatic heterocycles. The quantitative estimate of drug-likeness (QED) is 0.0585. The molecule has 0 radical (unpaired) electrons. The van der Waals surface area contributed by atoms with Gasteiger partial charge in [-0.25, -0.2) is 10.2 Å². The molecule has 8 nitrogen and oxygen atoms in total. The lowest BCUT2D eigenvalue weighted by atomic mass is 10.1. The third kappa shape index (κ3) is 13.7. The Bertz CT molecular complexity index is 1090. The first-order chi connectivity index (χ1) is 19.4. The summed E-state index contributed by atoms with van der Waals surface area (Å²) in [7, 11) is 0. The van der Waals surface area contributed by atoms with Crippen LogP contribution >= 0.6 is 15.9 Å². The summed E-state index contributed by atoms with van der Waals surface area (Å²) < 4.78 is 11.9. The van der Waals surface area contributed by atoms with Gasteiger partial charge in [0.25, 0.3) is 5.91 Å². The molecule has 0 atom stereocenters. The normalized spacial score (nSPS) is 10.9. The van der Waals surface area contributed by atoms with Crippen molar-refractivity contribution >= 4 is 39.9 Å². The summed E-state index contributed by atoms with van der Waals surface area (Å²) in [4.78, 5) is 36.8. The van der Waals surface area contributed by atoms with E-state index in [0.29, 0.717) is 29.9 Å². The molecule has 0 unspecified atom stereocenters. The molecular weight excluding hydrogens is 574 g/mol. The highest BCUT2D eigenvalue weighted by molar-refractivity contribution is 9.10. The van der Waals surface area contributed by atoms with Gasteiger partial charge in [0.1, 0.15) is 11.5 Å². The van der Waals surface area contributed by atoms with E-state index in [2.05, 4.69) is 38.7 Å². The van der Waals surface area contributed by atoms with Gasteiger partial charge in [-0.05, 0) is 55.3 Å². The van der Waals surface area contributed by atoms with E-state index < -0.39 is 11.9 Å². The number of ether oxygens (including phenoxy) is 2. The Morgan fingerprint density at radius 1 is 0.850 bits per heavy atom. The van der Waals surface area contributed by atoms with Gasteiger partial charge in [-0.2, -0.15) is 5.10 Å². The van der Waals surface area contributed by atoms with Crippen LogP contribution in [0.25, 0.3) is 0 Å². The highest BCUT2D eigenvalue weighted by Crippen LogP contribution is 2.23. The van der Waals surface area contributed by atoms with Gasteiger partial charge in [-0.15, -0.1) is 0 Å². The lowest BCUT2D eigenvalue weighted by Gasteiger charge is -2.09. The molecule has 0 saturated carbocycles. The van der Waals surface area contributed by atoms with Gasteiger partial charge < -0.3 is 14.8 Å². The molecule has 2 amide bonds. The van der Waals surface area contributed by atoms with Crippen LogP contribution in [0, 0.1) is 0 Å². The van der Waals surface area contributed by atoms with Crippen LogP contribution in [-0.2, 0) is 9.59 Å². The van der Waals surface area contributed by atoms with Crippen molar-refractivity contribution in [2.75, 3.05) is 13.2 Å². The summed E-state index contributed by atoms with van der Waals surface area (Å²) in [5.41, 5.74) is 3.25. The van der Waals surface area contributed by atoms with Gasteiger partial charge >= 0.3 is 5.97 Å². The van der Waals surface area contributed by atoms with Crippen LogP contribution in [0.1, 0.15) is 100 Å². The van der Waals surface area contributed by atoms with Crippen LogP contribution in [0.4, 0.5) is 0 Å². The lowest BCUT2D eigenvalue weighted by Crippen LogP contribution is -2.34. The Kier molecular flexibility index (Phi) is 16.3. The zero-order valence-electron chi connectivity index (χ0n) is 23.7. The van der Waals surface area contributed by atoms with Gasteiger partial charge in [0, 0.05) is 16.5 Å². The number of rotatable bonds is 19. The summed E-state index contributed by atoms with van der Waals surface area (Å²) in [5, 5.41) is 6.58. The van der Waals surface area contributed by atoms with E-state index in [0.717, 1.165) is 30.2 Å². The van der Waals surface area contributed by atoms with E-state index in [1.54, 1.807) is 42.5 Å². The van der Waals surface area contributed by atoms with Crippen LogP contribution in [0.2, 0.25) is 0 Å². The second-order valence-corrected chi connectivity index (χ2v) is 10.5. The number of benzene rings is 2. The molecule has 0 aliphatic carbocycles. The van der Waals surface area contributed by atoms with Crippen molar-refractivity contribution in [2.24, 2.45) is 5.10 Å². The summed E-state index contributed by atoms with van der Waals surface area (Å²) in [6.45, 7) is 4.68. The van der Waals surface area contributed by atoms with E-state index in [4.69, 9.17) is 9.47 Å². The fraction of sp³-hybridized carbons (Fsp3) is 0.484. The first-order valence-corrected chi connectivity index (χ1v) is 15.1. The Hall–Kier alpha value is -3.20. The second-order valence-electron chi connectivity index (χ2n) is 9.59. The molecule has 0 aliphatic heterocycles. The number of esters is 1. The molecule has 2 N–H and O–H groups in total. The van der Waals surface area contributed by atoms with Crippen molar-refractivity contribution in [3.8, 4) is 11.5 Å². The van der Waals surface area contributed by atoms with Gasteiger partial charge in [0.2, 0.25) is 5.91 Å². The Labute approximate surface area is 246 Å². The van der Waals surface area contributed by atoms with Gasteiger partial charge in [-0.1, -0.05) is 81.1 Å². The number of carbonyl (C=O) groups excluding carboxylic acids is 3. The maximum atomic E-state index is 12.7. The smallest absolute Gasteiger partial charge is 0.343 e. The predicted octanol–water partition coefficient (Wildman–Crippen LogP) is 6.94. The standard InChI is InChI=1S/C31H42BrN3O5/c1-3-5-6-7-8-9-10-11-12-13-29(36)33-23-30(37)35-34-22-25-21-26(32)16-19-28(25)40-31(38)24-14-17-27(18-15-24)39-20-4-2/h14-19,21-22H,3-13,20,23H2,1-2H3,(H,33,36)(H,35,37)/b34-22-. The Balaban J connectivity index is 1.74. The minimum atomic E-state index is -0.530. The molecule has 2 aromatic carbocycles. The number of amides is 2. The molecule has 0 spiro atoms. The zero-order valence-corrected chi connectivity index (χ0v) is 25.3. The van der Waals surface area contributed by atoms with Gasteiger partial charge in [0.15, 0.2) is 0 Å². The fourth-order valence-electron chi connectivity index (χ4n) is 3.86. The number of carbonyl (C=O) groups is 3. The molecule has 0 heterocycles. The summed E-state index contributed by atoms with van der Waals surface area (Å²) >= 11 is 3.39. The number of hydrogen-bond acceptors (Lipinski definition) is 6. The van der Waals surface area contributed by atoms with Crippen molar-refractivity contribution in [1.29, 1.82) is 0 Å². The highest BCUT2D eigenvalue weighted by Gasteiger charge is 2.12. The average Bonchev–Trinajstić information content (AvgIpc) is 2.95. The number of unbranched alkanes of at least 4 members (excludes halogenated alkanes) is 8. The molecule has 2 rings (SSSR count). The Morgan fingerprint density at radius 2 is 1.52 bits per heavy atom. The van der Waals surface area contributed by atoms with E-state index in [-0.39, 0.29) is 18.2 Å². The maximum absolute atomic E-state index is 12.7. The third-order valence-electron chi connectivity index (χ3n) is 6.08. The van der Waals surface area contributed by atoms with Crippen LogP contribution in [0.3, 0.4) is 0 Å². The summed E-state index contributed by atoms with van der Waals surface area (Å²) in [6, 6.07) is 11.8. The molecule has 9 heteroatoms. The summed E-state index contributed by atoms with van der Waals surface area (Å²) in [5.74, 6) is -0.154. The van der Waals surface area contributed by atoms with E-state index >= 15 is 0 Å². The summed E-state index contributed by atoms with van der Waals surface area (Å²) in [6.07, 6.45) is 13.3. The molecule has 2 aromatic rings. The molecule has 0 fully saturated rings. The average molecular weight is 617 g/mol. The first kappa shape index (κ1) is 33.0. The van der Waals surface area contributed by atoms with Crippen molar-refractivity contribution in [1.82, 2.24) is 10.7 Å². The maximum Gasteiger partial charge on any atom is 0.343 e. The third-order valence-corrected chi connectivity index (χ3v) is 6.58. The van der Waals surface area contributed by atoms with Gasteiger partial charge in [0.05, 0.1) is 24.9 Å². The Morgan fingerprint density at radius 3 is 2.20 bits per heavy atom. The predicted molar refractivity (Wildman–Crippen MR) is 162 cm³/mol. The number of nitrogens with zero attached hydrogens (tertiary/aromatic N) is 1. The number of hydrazone groups is 1. The van der Waals surface area contributed by atoms with Crippen LogP contribution in [0.5, 0.6) is 11.5 Å². The molecule has 0 aliphatic rings. The molecule has 40 heavy (non-hydrogen) atoms.